The number of benzene rings is 2. The average molecular weight is 402 g/mol. The van der Waals surface area contributed by atoms with E-state index in [4.69, 9.17) is 4.98 Å². The number of fused-ring (bicyclic) bond motifs is 1. The van der Waals surface area contributed by atoms with Crippen molar-refractivity contribution in [3.63, 3.8) is 0 Å². The second-order valence-corrected chi connectivity index (χ2v) is 8.38. The van der Waals surface area contributed by atoms with Gasteiger partial charge in [0.2, 0.25) is 5.91 Å². The summed E-state index contributed by atoms with van der Waals surface area (Å²) in [6.07, 6.45) is 2.09. The lowest BCUT2D eigenvalue weighted by Crippen LogP contribution is -2.32. The highest BCUT2D eigenvalue weighted by atomic mass is 32.1. The molecule has 4 aromatic rings. The topological polar surface area (TPSA) is 46.1 Å². The second kappa shape index (κ2) is 8.13. The first-order chi connectivity index (χ1) is 14.0. The van der Waals surface area contributed by atoms with Crippen molar-refractivity contribution in [1.29, 1.82) is 0 Å². The van der Waals surface area contributed by atoms with Gasteiger partial charge in [-0.3, -0.25) is 14.7 Å². The van der Waals surface area contributed by atoms with Crippen molar-refractivity contribution >= 4 is 32.6 Å². The van der Waals surface area contributed by atoms with E-state index in [1.165, 1.54) is 11.1 Å². The molecule has 0 bridgehead atoms. The molecule has 5 heteroatoms. The maximum Gasteiger partial charge on any atom is 0.233 e. The number of aryl methyl sites for hydroxylation is 3. The van der Waals surface area contributed by atoms with Crippen LogP contribution in [0.25, 0.3) is 10.2 Å². The molecule has 0 saturated carbocycles. The van der Waals surface area contributed by atoms with Gasteiger partial charge in [0.1, 0.15) is 0 Å². The predicted molar refractivity (Wildman–Crippen MR) is 119 cm³/mol. The SMILES string of the molecule is Cc1ccc(CC(=O)N(Cc2ccccn2)c2nc3ccc(C)cc3s2)c(C)c1. The van der Waals surface area contributed by atoms with Gasteiger partial charge in [-0.1, -0.05) is 47.2 Å². The summed E-state index contributed by atoms with van der Waals surface area (Å²) < 4.78 is 1.09. The largest absolute Gasteiger partial charge is 0.282 e. The van der Waals surface area contributed by atoms with Gasteiger partial charge in [-0.25, -0.2) is 4.98 Å². The number of nitrogens with zero attached hydrogens (tertiary/aromatic N) is 3. The highest BCUT2D eigenvalue weighted by Crippen LogP contribution is 2.31. The maximum absolute atomic E-state index is 13.4. The minimum absolute atomic E-state index is 0.0263. The van der Waals surface area contributed by atoms with Gasteiger partial charge in [-0.05, 0) is 61.7 Å². The monoisotopic (exact) mass is 401 g/mol. The highest BCUT2D eigenvalue weighted by molar-refractivity contribution is 7.22. The molecule has 146 valence electrons. The zero-order valence-electron chi connectivity index (χ0n) is 16.8. The van der Waals surface area contributed by atoms with Crippen LogP contribution in [-0.4, -0.2) is 15.9 Å². The molecule has 2 heterocycles. The van der Waals surface area contributed by atoms with Crippen molar-refractivity contribution in [2.75, 3.05) is 4.90 Å². The van der Waals surface area contributed by atoms with Gasteiger partial charge >= 0.3 is 0 Å². The van der Waals surface area contributed by atoms with E-state index in [-0.39, 0.29) is 5.91 Å². The molecule has 4 rings (SSSR count). The van der Waals surface area contributed by atoms with E-state index in [1.807, 2.05) is 36.4 Å². The predicted octanol–water partition coefficient (Wildman–Crippen LogP) is 5.39. The minimum Gasteiger partial charge on any atom is -0.282 e. The van der Waals surface area contributed by atoms with Gasteiger partial charge in [-0.15, -0.1) is 0 Å². The Hall–Kier alpha value is -3.05. The Labute approximate surface area is 174 Å². The van der Waals surface area contributed by atoms with Crippen LogP contribution in [0.4, 0.5) is 5.13 Å². The lowest BCUT2D eigenvalue weighted by molar-refractivity contribution is -0.118. The summed E-state index contributed by atoms with van der Waals surface area (Å²) in [7, 11) is 0. The Morgan fingerprint density at radius 3 is 2.55 bits per heavy atom. The number of carbonyl (C=O) groups excluding carboxylic acids is 1. The van der Waals surface area contributed by atoms with E-state index >= 15 is 0 Å². The lowest BCUT2D eigenvalue weighted by Gasteiger charge is -2.20. The van der Waals surface area contributed by atoms with Crippen LogP contribution in [0.1, 0.15) is 27.9 Å². The number of rotatable bonds is 5. The summed E-state index contributed by atoms with van der Waals surface area (Å²) in [5.41, 5.74) is 6.33. The Morgan fingerprint density at radius 1 is 1.00 bits per heavy atom. The third-order valence-corrected chi connectivity index (χ3v) is 5.99. The van der Waals surface area contributed by atoms with Crippen molar-refractivity contribution in [2.24, 2.45) is 0 Å². The van der Waals surface area contributed by atoms with Crippen LogP contribution in [0.3, 0.4) is 0 Å². The Balaban J connectivity index is 1.69. The van der Waals surface area contributed by atoms with E-state index in [0.29, 0.717) is 18.1 Å². The summed E-state index contributed by atoms with van der Waals surface area (Å²) in [4.78, 5) is 24.3. The van der Waals surface area contributed by atoms with E-state index in [0.717, 1.165) is 27.0 Å². The molecule has 1 amide bonds. The zero-order valence-corrected chi connectivity index (χ0v) is 17.7. The van der Waals surface area contributed by atoms with Crippen molar-refractivity contribution in [3.05, 3.63) is 88.7 Å². The molecular weight excluding hydrogens is 378 g/mol. The summed E-state index contributed by atoms with van der Waals surface area (Å²) in [5.74, 6) is 0.0263. The normalized spacial score (nSPS) is 11.0. The number of anilines is 1. The Bertz CT molecular complexity index is 1170. The zero-order chi connectivity index (χ0) is 20.4. The average Bonchev–Trinajstić information content (AvgIpc) is 3.11. The number of carbonyl (C=O) groups is 1. The van der Waals surface area contributed by atoms with E-state index in [2.05, 4.69) is 44.0 Å². The number of hydrogen-bond acceptors (Lipinski definition) is 4. The third kappa shape index (κ3) is 4.35. The minimum atomic E-state index is 0.0263. The van der Waals surface area contributed by atoms with Crippen LogP contribution in [-0.2, 0) is 17.8 Å². The molecule has 0 fully saturated rings. The fraction of sp³-hybridized carbons (Fsp3) is 0.208. The summed E-state index contributed by atoms with van der Waals surface area (Å²) in [5, 5.41) is 0.714. The van der Waals surface area contributed by atoms with Crippen LogP contribution in [0.2, 0.25) is 0 Å². The van der Waals surface area contributed by atoms with E-state index < -0.39 is 0 Å². The Morgan fingerprint density at radius 2 is 1.79 bits per heavy atom. The van der Waals surface area contributed by atoms with Crippen LogP contribution in [0.15, 0.2) is 60.8 Å². The maximum atomic E-state index is 13.4. The van der Waals surface area contributed by atoms with Crippen LogP contribution < -0.4 is 4.90 Å². The molecule has 0 aliphatic carbocycles. The van der Waals surface area contributed by atoms with Crippen LogP contribution in [0, 0.1) is 20.8 Å². The van der Waals surface area contributed by atoms with Crippen molar-refractivity contribution in [2.45, 2.75) is 33.7 Å². The highest BCUT2D eigenvalue weighted by Gasteiger charge is 2.21. The van der Waals surface area contributed by atoms with Gasteiger partial charge in [-0.2, -0.15) is 0 Å². The molecule has 0 radical (unpaired) electrons. The molecule has 0 spiro atoms. The Kier molecular flexibility index (Phi) is 5.41. The van der Waals surface area contributed by atoms with Crippen LogP contribution in [0.5, 0.6) is 0 Å². The van der Waals surface area contributed by atoms with Gasteiger partial charge in [0, 0.05) is 6.20 Å². The number of hydrogen-bond donors (Lipinski definition) is 0. The van der Waals surface area contributed by atoms with Crippen molar-refractivity contribution < 1.29 is 4.79 Å². The molecule has 0 unspecified atom stereocenters. The molecule has 2 aromatic heterocycles. The summed E-state index contributed by atoms with van der Waals surface area (Å²) >= 11 is 1.55. The molecule has 0 aliphatic rings. The van der Waals surface area contributed by atoms with Gasteiger partial charge in [0.05, 0.1) is 28.9 Å². The van der Waals surface area contributed by atoms with Crippen molar-refractivity contribution in [3.8, 4) is 0 Å². The first-order valence-corrected chi connectivity index (χ1v) is 10.4. The molecule has 0 N–H and O–H groups in total. The standard InChI is InChI=1S/C24H23N3OS/c1-16-7-9-19(18(3)12-16)14-23(28)27(15-20-6-4-5-11-25-20)24-26-21-10-8-17(2)13-22(21)29-24/h4-13H,14-15H2,1-3H3. The fourth-order valence-electron chi connectivity index (χ4n) is 3.35. The number of thiazole rings is 1. The van der Waals surface area contributed by atoms with Crippen molar-refractivity contribution in [1.82, 2.24) is 9.97 Å². The quantitative estimate of drug-likeness (QED) is 0.450. The number of aromatic nitrogens is 2. The first-order valence-electron chi connectivity index (χ1n) is 9.63. The third-order valence-electron chi connectivity index (χ3n) is 4.95. The lowest BCUT2D eigenvalue weighted by atomic mass is 10.0. The summed E-state index contributed by atoms with van der Waals surface area (Å²) in [6.45, 7) is 6.59. The van der Waals surface area contributed by atoms with Gasteiger partial charge in [0.25, 0.3) is 0 Å². The first kappa shape index (κ1) is 19.3. The molecule has 4 nitrogen and oxygen atoms in total. The smallest absolute Gasteiger partial charge is 0.233 e. The summed E-state index contributed by atoms with van der Waals surface area (Å²) in [6, 6.07) is 18.2. The molecule has 0 saturated heterocycles. The molecule has 2 aromatic carbocycles. The van der Waals surface area contributed by atoms with Gasteiger partial charge in [0.15, 0.2) is 5.13 Å². The van der Waals surface area contributed by atoms with E-state index in [9.17, 15) is 4.79 Å². The molecule has 29 heavy (non-hydrogen) atoms. The molecule has 0 aliphatic heterocycles. The molecule has 0 atom stereocenters. The van der Waals surface area contributed by atoms with Gasteiger partial charge < -0.3 is 0 Å². The fourth-order valence-corrected chi connectivity index (χ4v) is 4.43. The van der Waals surface area contributed by atoms with Crippen LogP contribution >= 0.6 is 11.3 Å². The second-order valence-electron chi connectivity index (χ2n) is 7.38. The van der Waals surface area contributed by atoms with E-state index in [1.54, 1.807) is 22.4 Å². The molecular formula is C24H23N3OS. The number of pyridine rings is 1. The number of amides is 1.